The Bertz CT molecular complexity index is 1620. The number of nitrogens with one attached hydrogen (secondary N) is 1. The van der Waals surface area contributed by atoms with Crippen molar-refractivity contribution in [3.8, 4) is 0 Å². The van der Waals surface area contributed by atoms with Gasteiger partial charge in [0.1, 0.15) is 11.4 Å². The third-order valence-corrected chi connectivity index (χ3v) is 8.99. The standard InChI is InChI=1S/C15H7F6NO4S2.C10H16N/c16-14(17,18)27(23,24)11-6-9-8-4-2-1-3-7(8)5-10(9)12(22)13(11)28(25,26)15(19,20)21;1-3-4-7-11-8-5-6-10(2)9-11/h1-6,22H;5-6,8-9H,3-4,7H2,1-2H3/q;+1. The van der Waals surface area contributed by atoms with E-state index >= 15 is 0 Å². The summed E-state index contributed by atoms with van der Waals surface area (Å²) in [6.45, 7) is 5.50. The summed E-state index contributed by atoms with van der Waals surface area (Å²) in [6.07, 6.45) is 8.18. The molecule has 1 heterocycles. The zero-order valence-corrected chi connectivity index (χ0v) is 22.2. The predicted molar refractivity (Wildman–Crippen MR) is 133 cm³/mol. The molecule has 2 aliphatic rings. The van der Waals surface area contributed by atoms with Crippen LogP contribution in [0.3, 0.4) is 0 Å². The molecule has 0 amide bonds. The first kappa shape index (κ1) is 30.3. The number of hydrogen-bond acceptors (Lipinski definition) is 5. The molecule has 2 aliphatic carbocycles. The zero-order valence-electron chi connectivity index (χ0n) is 20.6. The Hall–Kier alpha value is -3.26. The molecule has 0 aliphatic heterocycles. The molecule has 0 saturated heterocycles. The van der Waals surface area contributed by atoms with Crippen LogP contribution in [0.15, 0.2) is 70.3 Å². The van der Waals surface area contributed by atoms with Crippen LogP contribution in [0.4, 0.5) is 26.3 Å². The second-order valence-electron chi connectivity index (χ2n) is 8.64. The Morgan fingerprint density at radius 3 is 2.03 bits per heavy atom. The van der Waals surface area contributed by atoms with Crippen LogP contribution in [-0.4, -0.2) is 33.6 Å². The molecule has 1 aromatic carbocycles. The largest absolute Gasteiger partial charge is 0.502 e. The quantitative estimate of drug-likeness (QED) is 0.357. The van der Waals surface area contributed by atoms with Gasteiger partial charge in [0.15, 0.2) is 12.4 Å². The van der Waals surface area contributed by atoms with E-state index in [4.69, 9.17) is 5.41 Å². The molecule has 0 atom stereocenters. The molecule has 0 radical (unpaired) electrons. The van der Waals surface area contributed by atoms with Gasteiger partial charge in [0.2, 0.25) is 0 Å². The highest BCUT2D eigenvalue weighted by atomic mass is 32.2. The summed E-state index contributed by atoms with van der Waals surface area (Å²) in [7, 11) is -13.1. The Balaban J connectivity index is 0.000000320. The molecular weight excluding hydrogens is 570 g/mol. The van der Waals surface area contributed by atoms with E-state index in [0.29, 0.717) is 0 Å². The molecule has 0 saturated carbocycles. The van der Waals surface area contributed by atoms with Gasteiger partial charge in [-0.15, -0.1) is 0 Å². The van der Waals surface area contributed by atoms with E-state index in [1.165, 1.54) is 42.7 Å². The van der Waals surface area contributed by atoms with E-state index in [0.717, 1.165) is 12.6 Å². The Morgan fingerprint density at radius 1 is 0.846 bits per heavy atom. The maximum absolute atomic E-state index is 13.0. The molecule has 0 bridgehead atoms. The van der Waals surface area contributed by atoms with Crippen molar-refractivity contribution in [1.29, 1.82) is 5.41 Å². The number of aryl methyl sites for hydroxylation is 2. The van der Waals surface area contributed by atoms with Gasteiger partial charge >= 0.3 is 11.0 Å². The fraction of sp³-hybridized carbons (Fsp3) is 0.280. The van der Waals surface area contributed by atoms with Crippen LogP contribution in [0.2, 0.25) is 0 Å². The normalized spacial score (nSPS) is 15.6. The van der Waals surface area contributed by atoms with Gasteiger partial charge in [0, 0.05) is 23.6 Å². The topological polar surface area (TPSA) is 96.0 Å². The average molecular weight is 594 g/mol. The van der Waals surface area contributed by atoms with E-state index < -0.39 is 51.8 Å². The van der Waals surface area contributed by atoms with E-state index in [9.17, 15) is 43.2 Å². The minimum absolute atomic E-state index is 0.153. The van der Waals surface area contributed by atoms with Crippen LogP contribution in [0.25, 0.3) is 11.6 Å². The Kier molecular flexibility index (Phi) is 8.32. The first-order valence-corrected chi connectivity index (χ1v) is 14.3. The summed E-state index contributed by atoms with van der Waals surface area (Å²) in [5.41, 5.74) is -12.6. The first-order chi connectivity index (χ1) is 17.9. The number of hydrogen-bond donors (Lipinski definition) is 1. The van der Waals surface area contributed by atoms with E-state index in [-0.39, 0.29) is 22.8 Å². The Labute approximate surface area is 221 Å². The number of benzene rings is 1. The maximum atomic E-state index is 13.0. The monoisotopic (exact) mass is 593 g/mol. The van der Waals surface area contributed by atoms with Gasteiger partial charge in [-0.3, -0.25) is 5.41 Å². The number of pyridine rings is 1. The molecule has 1 N–H and O–H groups in total. The van der Waals surface area contributed by atoms with Gasteiger partial charge < -0.3 is 0 Å². The number of fused-ring (bicyclic) bond motifs is 3. The summed E-state index contributed by atoms with van der Waals surface area (Å²) in [5, 5.41) is 7.82. The summed E-state index contributed by atoms with van der Waals surface area (Å²) >= 11 is 0. The summed E-state index contributed by atoms with van der Waals surface area (Å²) in [4.78, 5) is -4.38. The molecule has 14 heteroatoms. The molecule has 0 fully saturated rings. The molecule has 4 rings (SSSR count). The highest BCUT2D eigenvalue weighted by Crippen LogP contribution is 2.47. The zero-order chi connectivity index (χ0) is 29.4. The first-order valence-electron chi connectivity index (χ1n) is 11.4. The van der Waals surface area contributed by atoms with Gasteiger partial charge in [0.25, 0.3) is 19.7 Å². The van der Waals surface area contributed by atoms with Gasteiger partial charge in [-0.05, 0) is 41.8 Å². The van der Waals surface area contributed by atoms with Gasteiger partial charge in [0.05, 0.1) is 10.6 Å². The minimum atomic E-state index is -6.58. The molecule has 0 unspecified atom stereocenters. The van der Waals surface area contributed by atoms with Crippen LogP contribution >= 0.6 is 0 Å². The molecule has 6 nitrogen and oxygen atoms in total. The minimum Gasteiger partial charge on any atom is -0.299 e. The summed E-state index contributed by atoms with van der Waals surface area (Å²) in [5.74, 6) is 0. The van der Waals surface area contributed by atoms with Crippen LogP contribution in [0, 0.1) is 12.3 Å². The van der Waals surface area contributed by atoms with E-state index in [1.54, 1.807) is 0 Å². The smallest absolute Gasteiger partial charge is 0.299 e. The number of nitrogens with zero attached hydrogens (tertiary/aromatic N) is 1. The number of rotatable bonds is 5. The van der Waals surface area contributed by atoms with Crippen molar-refractivity contribution in [2.45, 2.75) is 44.3 Å². The molecule has 39 heavy (non-hydrogen) atoms. The number of sulfone groups is 2. The van der Waals surface area contributed by atoms with Crippen molar-refractivity contribution in [1.82, 2.24) is 0 Å². The van der Waals surface area contributed by atoms with Crippen molar-refractivity contribution >= 4 is 37.0 Å². The van der Waals surface area contributed by atoms with Crippen molar-refractivity contribution in [3.05, 3.63) is 86.9 Å². The van der Waals surface area contributed by atoms with Gasteiger partial charge in [-0.2, -0.15) is 26.3 Å². The van der Waals surface area contributed by atoms with Crippen molar-refractivity contribution in [3.63, 3.8) is 0 Å². The summed E-state index contributed by atoms with van der Waals surface area (Å²) in [6, 6.07) is 9.92. The van der Waals surface area contributed by atoms with Crippen molar-refractivity contribution in [2.24, 2.45) is 0 Å². The molecule has 210 valence electrons. The van der Waals surface area contributed by atoms with Gasteiger partial charge in [-0.25, -0.2) is 21.4 Å². The Morgan fingerprint density at radius 2 is 1.46 bits per heavy atom. The number of alkyl halides is 6. The van der Waals surface area contributed by atoms with Gasteiger partial charge in [-0.1, -0.05) is 37.6 Å². The fourth-order valence-electron chi connectivity index (χ4n) is 3.89. The second kappa shape index (κ2) is 10.7. The number of allylic oxidation sites excluding steroid dienone is 4. The second-order valence-corrected chi connectivity index (χ2v) is 12.4. The van der Waals surface area contributed by atoms with Crippen LogP contribution < -0.4 is 4.57 Å². The number of unbranched alkanes of at least 4 members (excludes halogenated alkanes) is 1. The predicted octanol–water partition coefficient (Wildman–Crippen LogP) is 5.66. The summed E-state index contributed by atoms with van der Waals surface area (Å²) < 4.78 is 128. The van der Waals surface area contributed by atoms with E-state index in [2.05, 4.69) is 42.9 Å². The maximum Gasteiger partial charge on any atom is 0.502 e. The van der Waals surface area contributed by atoms with Crippen molar-refractivity contribution < 1.29 is 47.7 Å². The SMILES string of the molecule is CCCC[n+]1cccc(C)c1.N=C1C2=Cc3ccccc3C2=CC(S(=O)(=O)C(F)(F)F)=C1S(=O)(=O)C(F)(F)F. The third kappa shape index (κ3) is 5.86. The van der Waals surface area contributed by atoms with Crippen LogP contribution in [-0.2, 0) is 26.2 Å². The number of aromatic nitrogens is 1. The highest BCUT2D eigenvalue weighted by Gasteiger charge is 2.57. The molecule has 0 spiro atoms. The molecule has 1 aromatic heterocycles. The van der Waals surface area contributed by atoms with Crippen molar-refractivity contribution in [2.75, 3.05) is 0 Å². The van der Waals surface area contributed by atoms with Crippen LogP contribution in [0.1, 0.15) is 36.5 Å². The van der Waals surface area contributed by atoms with Crippen LogP contribution in [0.5, 0.6) is 0 Å². The molecular formula is C25H23F6N2O4S2+. The lowest BCUT2D eigenvalue weighted by Crippen LogP contribution is -2.35. The lowest BCUT2D eigenvalue weighted by molar-refractivity contribution is -0.697. The highest BCUT2D eigenvalue weighted by molar-refractivity contribution is 8.00. The fourth-order valence-corrected chi connectivity index (χ4v) is 6.35. The molecule has 2 aromatic rings. The van der Waals surface area contributed by atoms with E-state index in [1.807, 2.05) is 0 Å². The lowest BCUT2D eigenvalue weighted by atomic mass is 9.95. The average Bonchev–Trinajstić information content (AvgIpc) is 3.21. The lowest BCUT2D eigenvalue weighted by Gasteiger charge is -2.23. The third-order valence-electron chi connectivity index (χ3n) is 5.78. The number of halogens is 6.